The van der Waals surface area contributed by atoms with E-state index in [0.717, 1.165) is 25.7 Å². The largest absolute Gasteiger partial charge is 0.350 e. The zero-order valence-electron chi connectivity index (χ0n) is 11.7. The topological polar surface area (TPSA) is 63.2 Å². The molecule has 1 unspecified atom stereocenters. The maximum absolute atomic E-state index is 12.0. The molecule has 1 N–H and O–H groups in total. The zero-order valence-corrected chi connectivity index (χ0v) is 13.3. The highest BCUT2D eigenvalue weighted by atomic mass is 35.7. The summed E-state index contributed by atoms with van der Waals surface area (Å²) in [5.41, 5.74) is 0.300. The molecule has 20 heavy (non-hydrogen) atoms. The molecule has 0 fully saturated rings. The Labute approximate surface area is 124 Å². The molecular weight excluding hydrogens is 298 g/mol. The van der Waals surface area contributed by atoms with Gasteiger partial charge in [-0.15, -0.1) is 0 Å². The third-order valence-electron chi connectivity index (χ3n) is 3.00. The van der Waals surface area contributed by atoms with Crippen molar-refractivity contribution in [2.45, 2.75) is 50.5 Å². The van der Waals surface area contributed by atoms with Crippen molar-refractivity contribution in [1.82, 2.24) is 5.32 Å². The van der Waals surface area contributed by atoms with Gasteiger partial charge in [0.15, 0.2) is 0 Å². The second-order valence-corrected chi connectivity index (χ2v) is 7.40. The van der Waals surface area contributed by atoms with Crippen molar-refractivity contribution in [2.24, 2.45) is 0 Å². The van der Waals surface area contributed by atoms with E-state index < -0.39 is 9.05 Å². The molecule has 0 aliphatic heterocycles. The van der Waals surface area contributed by atoms with Crippen LogP contribution in [0.2, 0.25) is 0 Å². The lowest BCUT2D eigenvalue weighted by Crippen LogP contribution is -2.32. The van der Waals surface area contributed by atoms with E-state index in [1.165, 1.54) is 18.2 Å². The van der Waals surface area contributed by atoms with Crippen LogP contribution in [-0.2, 0) is 9.05 Å². The summed E-state index contributed by atoms with van der Waals surface area (Å²) in [6, 6.07) is 5.79. The molecule has 4 nitrogen and oxygen atoms in total. The highest BCUT2D eigenvalue weighted by Crippen LogP contribution is 2.16. The molecule has 6 heteroatoms. The van der Waals surface area contributed by atoms with Crippen LogP contribution in [0.3, 0.4) is 0 Å². The molecular formula is C14H20ClNO3S. The van der Waals surface area contributed by atoms with Gasteiger partial charge in [0, 0.05) is 22.3 Å². The number of amides is 1. The van der Waals surface area contributed by atoms with Crippen LogP contribution in [0.25, 0.3) is 0 Å². The lowest BCUT2D eigenvalue weighted by atomic mass is 10.1. The van der Waals surface area contributed by atoms with Crippen LogP contribution in [0.15, 0.2) is 29.2 Å². The highest BCUT2D eigenvalue weighted by Gasteiger charge is 2.14. The molecule has 0 saturated heterocycles. The normalized spacial score (nSPS) is 12.9. The monoisotopic (exact) mass is 317 g/mol. The van der Waals surface area contributed by atoms with E-state index >= 15 is 0 Å². The van der Waals surface area contributed by atoms with E-state index in [-0.39, 0.29) is 16.8 Å². The molecule has 1 rings (SSSR count). The minimum absolute atomic E-state index is 0.0605. The molecule has 0 aliphatic rings. The predicted molar refractivity (Wildman–Crippen MR) is 80.6 cm³/mol. The minimum atomic E-state index is -3.81. The summed E-state index contributed by atoms with van der Waals surface area (Å²) in [5.74, 6) is -0.281. The van der Waals surface area contributed by atoms with Gasteiger partial charge < -0.3 is 5.32 Å². The van der Waals surface area contributed by atoms with Crippen LogP contribution in [0.1, 0.15) is 49.9 Å². The zero-order chi connectivity index (χ0) is 15.2. The Balaban J connectivity index is 2.68. The number of benzene rings is 1. The molecule has 1 amide bonds. The van der Waals surface area contributed by atoms with Crippen LogP contribution < -0.4 is 5.32 Å². The summed E-state index contributed by atoms with van der Waals surface area (Å²) < 4.78 is 22.5. The number of halogens is 1. The summed E-state index contributed by atoms with van der Waals surface area (Å²) in [4.78, 5) is 12.0. The first-order valence-corrected chi connectivity index (χ1v) is 9.01. The molecule has 0 heterocycles. The minimum Gasteiger partial charge on any atom is -0.350 e. The van der Waals surface area contributed by atoms with Gasteiger partial charge in [-0.25, -0.2) is 8.42 Å². The molecule has 0 spiro atoms. The number of nitrogens with one attached hydrogen (secondary N) is 1. The third-order valence-corrected chi connectivity index (χ3v) is 4.35. The van der Waals surface area contributed by atoms with Gasteiger partial charge in [-0.2, -0.15) is 0 Å². The Bertz CT molecular complexity index is 557. The molecule has 0 aliphatic carbocycles. The van der Waals surface area contributed by atoms with Gasteiger partial charge in [0.05, 0.1) is 4.90 Å². The van der Waals surface area contributed by atoms with Crippen molar-refractivity contribution in [3.8, 4) is 0 Å². The Morgan fingerprint density at radius 1 is 1.35 bits per heavy atom. The fourth-order valence-corrected chi connectivity index (χ4v) is 2.67. The van der Waals surface area contributed by atoms with E-state index in [1.54, 1.807) is 6.07 Å². The quantitative estimate of drug-likeness (QED) is 0.620. The van der Waals surface area contributed by atoms with Crippen LogP contribution >= 0.6 is 10.7 Å². The second-order valence-electron chi connectivity index (χ2n) is 4.84. The molecule has 0 saturated carbocycles. The van der Waals surface area contributed by atoms with E-state index in [4.69, 9.17) is 10.7 Å². The van der Waals surface area contributed by atoms with Gasteiger partial charge >= 0.3 is 0 Å². The van der Waals surface area contributed by atoms with Gasteiger partial charge in [-0.3, -0.25) is 4.79 Å². The number of rotatable bonds is 7. The average Bonchev–Trinajstić information content (AvgIpc) is 2.38. The second kappa shape index (κ2) is 7.64. The number of hydrogen-bond acceptors (Lipinski definition) is 3. The highest BCUT2D eigenvalue weighted by molar-refractivity contribution is 8.13. The van der Waals surface area contributed by atoms with E-state index in [2.05, 4.69) is 12.2 Å². The Morgan fingerprint density at radius 3 is 2.65 bits per heavy atom. The summed E-state index contributed by atoms with van der Waals surface area (Å²) in [6.07, 6.45) is 4.25. The molecule has 0 aromatic heterocycles. The van der Waals surface area contributed by atoms with Crippen molar-refractivity contribution >= 4 is 25.6 Å². The Hall–Kier alpha value is -1.07. The molecule has 112 valence electrons. The van der Waals surface area contributed by atoms with Crippen molar-refractivity contribution in [1.29, 1.82) is 0 Å². The predicted octanol–water partition coefficient (Wildman–Crippen LogP) is 3.31. The lowest BCUT2D eigenvalue weighted by Gasteiger charge is -2.13. The van der Waals surface area contributed by atoms with Crippen molar-refractivity contribution in [2.75, 3.05) is 0 Å². The van der Waals surface area contributed by atoms with Gasteiger partial charge in [0.2, 0.25) is 0 Å². The van der Waals surface area contributed by atoms with Crippen LogP contribution in [0.5, 0.6) is 0 Å². The van der Waals surface area contributed by atoms with Gasteiger partial charge in [-0.1, -0.05) is 32.3 Å². The SMILES string of the molecule is CCCCCC(C)NC(=O)c1cccc(S(=O)(=O)Cl)c1. The molecule has 1 atom stereocenters. The molecule has 0 bridgehead atoms. The average molecular weight is 318 g/mol. The van der Waals surface area contributed by atoms with Gasteiger partial charge in [-0.05, 0) is 31.5 Å². The summed E-state index contributed by atoms with van der Waals surface area (Å²) >= 11 is 0. The standard InChI is InChI=1S/C14H20ClNO3S/c1-3-4-5-7-11(2)16-14(17)12-8-6-9-13(10-12)20(15,18)19/h6,8-11H,3-5,7H2,1-2H3,(H,16,17). The lowest BCUT2D eigenvalue weighted by molar-refractivity contribution is 0.0937. The van der Waals surface area contributed by atoms with E-state index in [9.17, 15) is 13.2 Å². The van der Waals surface area contributed by atoms with Crippen LogP contribution in [-0.4, -0.2) is 20.4 Å². The van der Waals surface area contributed by atoms with Crippen molar-refractivity contribution in [3.05, 3.63) is 29.8 Å². The fraction of sp³-hybridized carbons (Fsp3) is 0.500. The number of unbranched alkanes of at least 4 members (excludes halogenated alkanes) is 2. The Kier molecular flexibility index (Phi) is 6.49. The summed E-state index contributed by atoms with van der Waals surface area (Å²) in [5, 5.41) is 2.86. The van der Waals surface area contributed by atoms with Gasteiger partial charge in [0.25, 0.3) is 15.0 Å². The smallest absolute Gasteiger partial charge is 0.261 e. The van der Waals surface area contributed by atoms with E-state index in [1.807, 2.05) is 6.92 Å². The summed E-state index contributed by atoms with van der Waals surface area (Å²) in [7, 11) is 1.45. The maximum atomic E-state index is 12.0. The first kappa shape index (κ1) is 17.0. The molecule has 1 aromatic carbocycles. The number of carbonyl (C=O) groups is 1. The van der Waals surface area contributed by atoms with Crippen LogP contribution in [0, 0.1) is 0 Å². The molecule has 0 radical (unpaired) electrons. The van der Waals surface area contributed by atoms with E-state index in [0.29, 0.717) is 5.56 Å². The first-order chi connectivity index (χ1) is 9.34. The molecule has 1 aromatic rings. The number of carbonyl (C=O) groups excluding carboxylic acids is 1. The Morgan fingerprint density at radius 2 is 2.05 bits per heavy atom. The van der Waals surface area contributed by atoms with Crippen LogP contribution in [0.4, 0.5) is 0 Å². The summed E-state index contributed by atoms with van der Waals surface area (Å²) in [6.45, 7) is 4.07. The number of hydrogen-bond donors (Lipinski definition) is 1. The van der Waals surface area contributed by atoms with Crippen molar-refractivity contribution in [3.63, 3.8) is 0 Å². The fourth-order valence-electron chi connectivity index (χ4n) is 1.87. The first-order valence-electron chi connectivity index (χ1n) is 6.70. The third kappa shape index (κ3) is 5.51. The van der Waals surface area contributed by atoms with Crippen molar-refractivity contribution < 1.29 is 13.2 Å². The maximum Gasteiger partial charge on any atom is 0.261 e. The van der Waals surface area contributed by atoms with Gasteiger partial charge in [0.1, 0.15) is 0 Å².